The maximum Gasteiger partial charge on any atom is 0.328 e. The minimum Gasteiger partial charge on any atom is -0.478 e. The zero-order chi connectivity index (χ0) is 13.7. The van der Waals surface area contributed by atoms with Crippen LogP contribution in [0.1, 0.15) is 0 Å². The lowest BCUT2D eigenvalue weighted by molar-refractivity contribution is -0.131. The molecule has 1 aliphatic heterocycles. The van der Waals surface area contributed by atoms with Crippen LogP contribution in [0.3, 0.4) is 0 Å². The maximum atomic E-state index is 13.6. The average Bonchev–Trinajstić information content (AvgIpc) is 2.40. The highest BCUT2D eigenvalue weighted by atomic mass is 19.1. The molecule has 1 fully saturated rings. The van der Waals surface area contributed by atoms with E-state index in [0.29, 0.717) is 12.2 Å². The summed E-state index contributed by atoms with van der Waals surface area (Å²) >= 11 is 0. The van der Waals surface area contributed by atoms with Gasteiger partial charge in [0.25, 0.3) is 0 Å². The molecular weight excluding hydrogens is 247 g/mol. The zero-order valence-electron chi connectivity index (χ0n) is 10.6. The summed E-state index contributed by atoms with van der Waals surface area (Å²) < 4.78 is 13.6. The molecule has 0 atom stereocenters. The van der Waals surface area contributed by atoms with Gasteiger partial charge in [-0.3, -0.25) is 4.90 Å². The number of aliphatic carboxylic acids is 1. The van der Waals surface area contributed by atoms with Crippen LogP contribution in [0.4, 0.5) is 10.1 Å². The maximum absolute atomic E-state index is 13.6. The summed E-state index contributed by atoms with van der Waals surface area (Å²) in [6.45, 7) is 3.73. The average molecular weight is 264 g/mol. The molecule has 2 rings (SSSR count). The van der Waals surface area contributed by atoms with E-state index in [1.807, 2.05) is 11.0 Å². The van der Waals surface area contributed by atoms with Crippen molar-refractivity contribution in [3.8, 4) is 0 Å². The molecule has 1 aromatic rings. The van der Waals surface area contributed by atoms with Crippen LogP contribution in [-0.2, 0) is 4.79 Å². The summed E-state index contributed by atoms with van der Waals surface area (Å²) in [7, 11) is 0. The lowest BCUT2D eigenvalue weighted by Gasteiger charge is -2.35. The van der Waals surface area contributed by atoms with Gasteiger partial charge in [-0.15, -0.1) is 0 Å². The number of halogens is 1. The van der Waals surface area contributed by atoms with Gasteiger partial charge in [0.15, 0.2) is 0 Å². The molecule has 0 unspecified atom stereocenters. The van der Waals surface area contributed by atoms with Gasteiger partial charge in [0.05, 0.1) is 5.69 Å². The van der Waals surface area contributed by atoms with E-state index in [-0.39, 0.29) is 5.82 Å². The number of carboxylic acids is 1. The first-order chi connectivity index (χ1) is 9.16. The normalized spacial score (nSPS) is 17.0. The lowest BCUT2D eigenvalue weighted by Crippen LogP contribution is -2.46. The van der Waals surface area contributed by atoms with Crippen LogP contribution in [0.25, 0.3) is 0 Å². The van der Waals surface area contributed by atoms with Gasteiger partial charge in [0.1, 0.15) is 5.82 Å². The molecule has 0 aromatic heterocycles. The summed E-state index contributed by atoms with van der Waals surface area (Å²) in [6, 6.07) is 6.78. The number of hydrogen-bond acceptors (Lipinski definition) is 3. The van der Waals surface area contributed by atoms with Crippen molar-refractivity contribution in [1.82, 2.24) is 4.90 Å². The molecule has 4 nitrogen and oxygen atoms in total. The van der Waals surface area contributed by atoms with E-state index in [1.165, 1.54) is 6.07 Å². The molecule has 19 heavy (non-hydrogen) atoms. The number of piperazine rings is 1. The molecular formula is C14H17FN2O2. The van der Waals surface area contributed by atoms with E-state index < -0.39 is 5.97 Å². The van der Waals surface area contributed by atoms with Crippen molar-refractivity contribution in [3.05, 3.63) is 42.2 Å². The minimum absolute atomic E-state index is 0.193. The second-order valence-electron chi connectivity index (χ2n) is 4.48. The third-order valence-electron chi connectivity index (χ3n) is 3.19. The quantitative estimate of drug-likeness (QED) is 0.839. The Kier molecular flexibility index (Phi) is 4.52. The van der Waals surface area contributed by atoms with Crippen molar-refractivity contribution in [2.75, 3.05) is 37.6 Å². The monoisotopic (exact) mass is 264 g/mol. The van der Waals surface area contributed by atoms with Gasteiger partial charge in [-0.2, -0.15) is 0 Å². The van der Waals surface area contributed by atoms with Crippen molar-refractivity contribution in [3.63, 3.8) is 0 Å². The van der Waals surface area contributed by atoms with Gasteiger partial charge in [0, 0.05) is 38.8 Å². The van der Waals surface area contributed by atoms with Gasteiger partial charge >= 0.3 is 5.97 Å². The molecule has 0 radical (unpaired) electrons. The number of rotatable bonds is 4. The number of hydrogen-bond donors (Lipinski definition) is 1. The Hall–Kier alpha value is -1.88. The number of para-hydroxylation sites is 1. The first-order valence-corrected chi connectivity index (χ1v) is 6.28. The zero-order valence-corrected chi connectivity index (χ0v) is 10.6. The van der Waals surface area contributed by atoms with Crippen molar-refractivity contribution in [2.24, 2.45) is 0 Å². The fourth-order valence-corrected chi connectivity index (χ4v) is 2.18. The van der Waals surface area contributed by atoms with Gasteiger partial charge in [0.2, 0.25) is 0 Å². The predicted molar refractivity (Wildman–Crippen MR) is 71.8 cm³/mol. The first-order valence-electron chi connectivity index (χ1n) is 6.28. The van der Waals surface area contributed by atoms with Crippen molar-refractivity contribution >= 4 is 11.7 Å². The second kappa shape index (κ2) is 6.33. The number of anilines is 1. The number of benzene rings is 1. The Morgan fingerprint density at radius 2 is 1.95 bits per heavy atom. The Bertz CT molecular complexity index is 468. The molecule has 1 saturated heterocycles. The van der Waals surface area contributed by atoms with E-state index in [1.54, 1.807) is 18.2 Å². The Balaban J connectivity index is 1.86. The van der Waals surface area contributed by atoms with Gasteiger partial charge in [-0.1, -0.05) is 18.2 Å². The van der Waals surface area contributed by atoms with Crippen LogP contribution in [0.15, 0.2) is 36.4 Å². The fourth-order valence-electron chi connectivity index (χ4n) is 2.18. The van der Waals surface area contributed by atoms with Crippen LogP contribution in [0.2, 0.25) is 0 Å². The van der Waals surface area contributed by atoms with Crippen LogP contribution in [0.5, 0.6) is 0 Å². The molecule has 0 spiro atoms. The Morgan fingerprint density at radius 1 is 1.26 bits per heavy atom. The van der Waals surface area contributed by atoms with Crippen molar-refractivity contribution < 1.29 is 14.3 Å². The van der Waals surface area contributed by atoms with Crippen LogP contribution < -0.4 is 4.90 Å². The number of carboxylic acid groups (broad SMARTS) is 1. The molecule has 102 valence electrons. The second-order valence-corrected chi connectivity index (χ2v) is 4.48. The molecule has 5 heteroatoms. The Morgan fingerprint density at radius 3 is 2.58 bits per heavy atom. The highest BCUT2D eigenvalue weighted by molar-refractivity contribution is 5.79. The topological polar surface area (TPSA) is 43.8 Å². The molecule has 0 saturated carbocycles. The Labute approximate surface area is 111 Å². The summed E-state index contributed by atoms with van der Waals surface area (Å²) in [6.07, 6.45) is 2.80. The van der Waals surface area contributed by atoms with Crippen LogP contribution in [0, 0.1) is 5.82 Å². The molecule has 1 N–H and O–H groups in total. The molecule has 1 aromatic carbocycles. The van der Waals surface area contributed by atoms with E-state index >= 15 is 0 Å². The molecule has 0 aliphatic carbocycles. The van der Waals surface area contributed by atoms with E-state index in [2.05, 4.69) is 4.90 Å². The minimum atomic E-state index is -0.926. The van der Waals surface area contributed by atoms with E-state index in [9.17, 15) is 9.18 Å². The van der Waals surface area contributed by atoms with Gasteiger partial charge < -0.3 is 10.0 Å². The van der Waals surface area contributed by atoms with Crippen molar-refractivity contribution in [2.45, 2.75) is 0 Å². The summed E-state index contributed by atoms with van der Waals surface area (Å²) in [4.78, 5) is 14.5. The number of nitrogens with zero attached hydrogens (tertiary/aromatic N) is 2. The summed E-state index contributed by atoms with van der Waals surface area (Å²) in [5, 5.41) is 8.51. The molecule has 1 heterocycles. The number of carbonyl (C=O) groups is 1. The van der Waals surface area contributed by atoms with Crippen LogP contribution >= 0.6 is 0 Å². The van der Waals surface area contributed by atoms with E-state index in [0.717, 1.165) is 32.3 Å². The molecule has 0 bridgehead atoms. The standard InChI is InChI=1S/C14H17FN2O2/c15-12-4-1-2-5-13(12)17-10-8-16(9-11-17)7-3-6-14(18)19/h1-6H,7-11H2,(H,18,19). The lowest BCUT2D eigenvalue weighted by atomic mass is 10.2. The highest BCUT2D eigenvalue weighted by Gasteiger charge is 2.18. The van der Waals surface area contributed by atoms with Gasteiger partial charge in [-0.25, -0.2) is 9.18 Å². The summed E-state index contributed by atoms with van der Waals surface area (Å²) in [5.74, 6) is -1.12. The highest BCUT2D eigenvalue weighted by Crippen LogP contribution is 2.19. The SMILES string of the molecule is O=C(O)C=CCN1CCN(c2ccccc2F)CC1. The van der Waals surface area contributed by atoms with E-state index in [4.69, 9.17) is 5.11 Å². The molecule has 1 aliphatic rings. The first kappa shape index (κ1) is 13.5. The largest absolute Gasteiger partial charge is 0.478 e. The smallest absolute Gasteiger partial charge is 0.328 e. The molecule has 0 amide bonds. The third-order valence-corrected chi connectivity index (χ3v) is 3.19. The third kappa shape index (κ3) is 3.79. The summed E-state index contributed by atoms with van der Waals surface area (Å²) in [5.41, 5.74) is 0.642. The van der Waals surface area contributed by atoms with Crippen LogP contribution in [-0.4, -0.2) is 48.7 Å². The van der Waals surface area contributed by atoms with Gasteiger partial charge in [-0.05, 0) is 12.1 Å². The fraction of sp³-hybridized carbons (Fsp3) is 0.357. The predicted octanol–water partition coefficient (Wildman–Crippen LogP) is 1.59. The van der Waals surface area contributed by atoms with Crippen molar-refractivity contribution in [1.29, 1.82) is 0 Å².